The molecule has 6 heteroatoms. The fourth-order valence-corrected chi connectivity index (χ4v) is 4.16. The highest BCUT2D eigenvalue weighted by Crippen LogP contribution is 2.48. The summed E-state index contributed by atoms with van der Waals surface area (Å²) in [6, 6.07) is 10.3. The number of aliphatic hydroxyl groups is 1. The molecule has 2 aromatic heterocycles. The monoisotopic (exact) mass is 307 g/mol. The second-order valence-corrected chi connectivity index (χ2v) is 6.33. The fourth-order valence-electron chi connectivity index (χ4n) is 4.16. The molecule has 0 radical (unpaired) electrons. The number of nitrogens with two attached hydrogens (primary N) is 1. The van der Waals surface area contributed by atoms with Gasteiger partial charge in [-0.3, -0.25) is 4.68 Å². The number of hydrogen-bond donors (Lipinski definition) is 2. The van der Waals surface area contributed by atoms with Crippen LogP contribution in [-0.4, -0.2) is 24.4 Å². The number of anilines is 1. The van der Waals surface area contributed by atoms with Gasteiger partial charge < -0.3 is 15.4 Å². The van der Waals surface area contributed by atoms with Crippen LogP contribution in [0.2, 0.25) is 0 Å². The molecular formula is C17H17N5O. The Balaban J connectivity index is 1.63. The van der Waals surface area contributed by atoms with Gasteiger partial charge in [-0.15, -0.1) is 0 Å². The van der Waals surface area contributed by atoms with Crippen LogP contribution in [-0.2, 0) is 6.54 Å². The van der Waals surface area contributed by atoms with Crippen molar-refractivity contribution in [2.75, 3.05) is 5.73 Å². The Morgan fingerprint density at radius 3 is 3.04 bits per heavy atom. The van der Waals surface area contributed by atoms with Crippen molar-refractivity contribution in [2.45, 2.75) is 25.1 Å². The molecule has 2 aliphatic heterocycles. The second kappa shape index (κ2) is 4.45. The highest BCUT2D eigenvalue weighted by atomic mass is 16.3. The standard InChI is InChI=1S/C17H17N5O/c18-15-7-13-17(23)12(5-6-22(13)20-15)16-11-4-2-1-3-10(11)14-8-19-9-21(14)16/h1-4,7-9,12,16-17,23H,5-6H2,(H2,18,20)/t12-,16?,17+/m1/s1. The predicted molar refractivity (Wildman–Crippen MR) is 85.5 cm³/mol. The average Bonchev–Trinajstić information content (AvgIpc) is 3.22. The summed E-state index contributed by atoms with van der Waals surface area (Å²) < 4.78 is 4.01. The molecule has 0 saturated carbocycles. The molecule has 5 rings (SSSR count). The number of aryl methyl sites for hydroxylation is 1. The van der Waals surface area contributed by atoms with Gasteiger partial charge in [-0.2, -0.15) is 5.10 Å². The molecular weight excluding hydrogens is 290 g/mol. The molecule has 1 aromatic carbocycles. The van der Waals surface area contributed by atoms with Crippen LogP contribution in [0.4, 0.5) is 5.82 Å². The van der Waals surface area contributed by atoms with E-state index in [-0.39, 0.29) is 12.0 Å². The molecule has 0 fully saturated rings. The van der Waals surface area contributed by atoms with Gasteiger partial charge in [-0.1, -0.05) is 24.3 Å². The third-order valence-electron chi connectivity index (χ3n) is 5.14. The number of fused-ring (bicyclic) bond motifs is 4. The Kier molecular flexibility index (Phi) is 2.50. The van der Waals surface area contributed by atoms with Gasteiger partial charge in [-0.25, -0.2) is 4.98 Å². The lowest BCUT2D eigenvalue weighted by atomic mass is 9.83. The van der Waals surface area contributed by atoms with E-state index in [9.17, 15) is 5.11 Å². The SMILES string of the molecule is Nc1cc2n(n1)CC[C@H](C1c3ccccc3-c3cncn31)[C@@H]2O. The lowest BCUT2D eigenvalue weighted by molar-refractivity contribution is 0.0525. The molecule has 0 amide bonds. The Morgan fingerprint density at radius 1 is 1.26 bits per heavy atom. The minimum absolute atomic E-state index is 0.0789. The van der Waals surface area contributed by atoms with Crippen LogP contribution in [0.25, 0.3) is 11.3 Å². The maximum absolute atomic E-state index is 10.9. The van der Waals surface area contributed by atoms with Crippen LogP contribution < -0.4 is 5.73 Å². The highest BCUT2D eigenvalue weighted by molar-refractivity contribution is 5.69. The molecule has 0 bridgehead atoms. The highest BCUT2D eigenvalue weighted by Gasteiger charge is 2.41. The molecule has 6 nitrogen and oxygen atoms in total. The van der Waals surface area contributed by atoms with E-state index >= 15 is 0 Å². The van der Waals surface area contributed by atoms with E-state index in [1.807, 2.05) is 23.3 Å². The fraction of sp³-hybridized carbons (Fsp3) is 0.294. The van der Waals surface area contributed by atoms with Gasteiger partial charge in [0.2, 0.25) is 0 Å². The van der Waals surface area contributed by atoms with E-state index in [0.717, 1.165) is 24.4 Å². The zero-order valence-electron chi connectivity index (χ0n) is 12.5. The van der Waals surface area contributed by atoms with Crippen molar-refractivity contribution in [3.63, 3.8) is 0 Å². The van der Waals surface area contributed by atoms with Crippen LogP contribution in [0.3, 0.4) is 0 Å². The summed E-state index contributed by atoms with van der Waals surface area (Å²) in [7, 11) is 0. The van der Waals surface area contributed by atoms with Crippen molar-refractivity contribution in [1.29, 1.82) is 0 Å². The number of nitrogens with zero attached hydrogens (tertiary/aromatic N) is 4. The molecule has 0 saturated heterocycles. The number of rotatable bonds is 1. The third kappa shape index (κ3) is 1.66. The molecule has 4 heterocycles. The topological polar surface area (TPSA) is 81.9 Å². The van der Waals surface area contributed by atoms with Gasteiger partial charge in [0.05, 0.1) is 30.0 Å². The first-order valence-electron chi connectivity index (χ1n) is 7.86. The number of aliphatic hydroxyl groups excluding tert-OH is 1. The number of hydrogen-bond acceptors (Lipinski definition) is 4. The summed E-state index contributed by atoms with van der Waals surface area (Å²) in [4.78, 5) is 4.30. The zero-order valence-corrected chi connectivity index (χ0v) is 12.5. The number of aromatic nitrogens is 4. The zero-order chi connectivity index (χ0) is 15.6. The predicted octanol–water partition coefficient (Wildman–Crippen LogP) is 1.99. The molecule has 2 aliphatic rings. The third-order valence-corrected chi connectivity index (χ3v) is 5.14. The smallest absolute Gasteiger partial charge is 0.145 e. The Morgan fingerprint density at radius 2 is 2.13 bits per heavy atom. The summed E-state index contributed by atoms with van der Waals surface area (Å²) in [5, 5.41) is 15.2. The summed E-state index contributed by atoms with van der Waals surface area (Å²) in [5.41, 5.74) is 10.2. The molecule has 3 atom stereocenters. The van der Waals surface area contributed by atoms with Gasteiger partial charge in [0.15, 0.2) is 0 Å². The molecule has 116 valence electrons. The van der Waals surface area contributed by atoms with Gasteiger partial charge in [0.25, 0.3) is 0 Å². The van der Waals surface area contributed by atoms with E-state index in [0.29, 0.717) is 5.82 Å². The normalized spacial score (nSPS) is 25.0. The number of imidazole rings is 1. The van der Waals surface area contributed by atoms with Gasteiger partial charge in [0.1, 0.15) is 11.9 Å². The van der Waals surface area contributed by atoms with Gasteiger partial charge in [0, 0.05) is 24.1 Å². The van der Waals surface area contributed by atoms with Gasteiger partial charge >= 0.3 is 0 Å². The van der Waals surface area contributed by atoms with E-state index in [4.69, 9.17) is 5.73 Å². The quantitative estimate of drug-likeness (QED) is 0.720. The molecule has 0 aliphatic carbocycles. The first-order valence-corrected chi connectivity index (χ1v) is 7.86. The maximum atomic E-state index is 10.9. The minimum Gasteiger partial charge on any atom is -0.386 e. The minimum atomic E-state index is -0.583. The number of nitrogen functional groups attached to an aromatic ring is 1. The van der Waals surface area contributed by atoms with E-state index in [2.05, 4.69) is 32.8 Å². The summed E-state index contributed by atoms with van der Waals surface area (Å²) in [6.07, 6.45) is 4.04. The van der Waals surface area contributed by atoms with Crippen molar-refractivity contribution >= 4 is 5.82 Å². The summed E-state index contributed by atoms with van der Waals surface area (Å²) >= 11 is 0. The van der Waals surface area contributed by atoms with Crippen LogP contribution in [0.1, 0.15) is 29.8 Å². The van der Waals surface area contributed by atoms with E-state index < -0.39 is 6.10 Å². The molecule has 0 spiro atoms. The molecule has 3 N–H and O–H groups in total. The largest absolute Gasteiger partial charge is 0.386 e. The molecule has 23 heavy (non-hydrogen) atoms. The van der Waals surface area contributed by atoms with Crippen LogP contribution in [0.15, 0.2) is 42.9 Å². The Bertz CT molecular complexity index is 896. The van der Waals surface area contributed by atoms with Crippen molar-refractivity contribution in [1.82, 2.24) is 19.3 Å². The van der Waals surface area contributed by atoms with E-state index in [1.165, 1.54) is 11.1 Å². The van der Waals surface area contributed by atoms with Crippen molar-refractivity contribution in [2.24, 2.45) is 5.92 Å². The summed E-state index contributed by atoms with van der Waals surface area (Å²) in [5.74, 6) is 0.546. The Labute approximate surface area is 133 Å². The van der Waals surface area contributed by atoms with Crippen molar-refractivity contribution in [3.05, 3.63) is 54.1 Å². The Hall–Kier alpha value is -2.60. The van der Waals surface area contributed by atoms with Gasteiger partial charge in [-0.05, 0) is 12.0 Å². The summed E-state index contributed by atoms with van der Waals surface area (Å²) in [6.45, 7) is 0.775. The first kappa shape index (κ1) is 12.9. The lowest BCUT2D eigenvalue weighted by Gasteiger charge is -2.34. The van der Waals surface area contributed by atoms with Crippen LogP contribution >= 0.6 is 0 Å². The average molecular weight is 307 g/mol. The lowest BCUT2D eigenvalue weighted by Crippen LogP contribution is -2.31. The van der Waals surface area contributed by atoms with Crippen molar-refractivity contribution < 1.29 is 5.11 Å². The molecule has 3 aromatic rings. The maximum Gasteiger partial charge on any atom is 0.145 e. The second-order valence-electron chi connectivity index (χ2n) is 6.33. The van der Waals surface area contributed by atoms with Crippen LogP contribution in [0, 0.1) is 5.92 Å². The number of benzene rings is 1. The van der Waals surface area contributed by atoms with Crippen LogP contribution in [0.5, 0.6) is 0 Å². The van der Waals surface area contributed by atoms with Crippen molar-refractivity contribution in [3.8, 4) is 11.3 Å². The van der Waals surface area contributed by atoms with E-state index in [1.54, 1.807) is 6.07 Å². The first-order chi connectivity index (χ1) is 11.2. The molecule has 1 unspecified atom stereocenters.